The van der Waals surface area contributed by atoms with E-state index in [2.05, 4.69) is 200 Å². The van der Waals surface area contributed by atoms with Crippen LogP contribution in [0.25, 0.3) is 10.8 Å². The standard InChI is InChI=1S/C11H10.C7H8.4C5H12.2C4H10.C3H8.C2H6/c1-9-5-4-7-10-6-2-3-8-11(9)10;1-7-5-3-2-4-6-7;1-5(2,3)4;2*1-4-5(2)3;1-3-5-4-2;1-4(2)3;1-3-4-2;1-3-2;1-2/h2-8H,1H3;2-6H,1H3;1-4H3;2*5H,4H2,1-3H3;3-5H2,1-2H3;4H,1-3H3;3-4H2,1-2H3;3H2,1-2H3;1-2H3. The highest BCUT2D eigenvalue weighted by Crippen LogP contribution is 2.16. The first kappa shape index (κ1) is 63.9. The number of hydrogen-bond acceptors (Lipinski definition) is 0. The summed E-state index contributed by atoms with van der Waals surface area (Å²) in [5.74, 6) is 2.60. The molecule has 0 fully saturated rings. The van der Waals surface area contributed by atoms with Gasteiger partial charge in [-0.15, -0.1) is 0 Å². The van der Waals surface area contributed by atoms with Crippen LogP contribution >= 0.6 is 0 Å². The molecule has 0 aliphatic heterocycles. The maximum Gasteiger partial charge on any atom is -0.0155 e. The first-order valence-electron chi connectivity index (χ1n) is 21.2. The molecule has 0 bridgehead atoms. The number of fused-ring (bicyclic) bond motifs is 1. The minimum Gasteiger partial charge on any atom is -0.0683 e. The Labute approximate surface area is 327 Å². The Balaban J connectivity index is -0.0000000877. The summed E-state index contributed by atoms with van der Waals surface area (Å²) in [7, 11) is 0. The van der Waals surface area contributed by atoms with E-state index >= 15 is 0 Å². The number of aryl methyl sites for hydroxylation is 2. The van der Waals surface area contributed by atoms with E-state index in [0.29, 0.717) is 5.41 Å². The van der Waals surface area contributed by atoms with E-state index in [9.17, 15) is 0 Å². The van der Waals surface area contributed by atoms with Gasteiger partial charge in [-0.25, -0.2) is 0 Å². The lowest BCUT2D eigenvalue weighted by atomic mass is 10.0. The fourth-order valence-corrected chi connectivity index (χ4v) is 2.28. The average Bonchev–Trinajstić information content (AvgIpc) is 3.07. The second kappa shape index (κ2) is 52.3. The summed E-state index contributed by atoms with van der Waals surface area (Å²) < 4.78 is 0. The molecular formula is C51H100. The second-order valence-corrected chi connectivity index (χ2v) is 15.8. The lowest BCUT2D eigenvalue weighted by Crippen LogP contribution is -1.93. The molecule has 0 aliphatic rings. The van der Waals surface area contributed by atoms with E-state index in [-0.39, 0.29) is 0 Å². The largest absolute Gasteiger partial charge is 0.0683 e. The molecule has 0 saturated heterocycles. The molecule has 0 saturated carbocycles. The van der Waals surface area contributed by atoms with Crippen molar-refractivity contribution in [2.75, 3.05) is 0 Å². The van der Waals surface area contributed by atoms with Gasteiger partial charge in [-0.1, -0.05) is 275 Å². The van der Waals surface area contributed by atoms with E-state index in [1.165, 1.54) is 73.3 Å². The molecule has 0 N–H and O–H groups in total. The zero-order chi connectivity index (χ0) is 41.7. The van der Waals surface area contributed by atoms with Crippen molar-refractivity contribution in [3.63, 3.8) is 0 Å². The van der Waals surface area contributed by atoms with Crippen LogP contribution in [0.2, 0.25) is 0 Å². The van der Waals surface area contributed by atoms with E-state index in [4.69, 9.17) is 0 Å². The maximum atomic E-state index is 2.22. The smallest absolute Gasteiger partial charge is 0.0155 e. The van der Waals surface area contributed by atoms with Gasteiger partial charge in [-0.3, -0.25) is 0 Å². The van der Waals surface area contributed by atoms with Crippen LogP contribution in [0.1, 0.15) is 208 Å². The van der Waals surface area contributed by atoms with Crippen LogP contribution in [0.15, 0.2) is 72.8 Å². The molecule has 51 heavy (non-hydrogen) atoms. The van der Waals surface area contributed by atoms with Gasteiger partial charge in [-0.2, -0.15) is 0 Å². The van der Waals surface area contributed by atoms with Crippen LogP contribution in [0.4, 0.5) is 0 Å². The van der Waals surface area contributed by atoms with Crippen LogP contribution in [0, 0.1) is 37.0 Å². The Bertz CT molecular complexity index is 914. The fourth-order valence-electron chi connectivity index (χ4n) is 2.28. The van der Waals surface area contributed by atoms with Crippen LogP contribution in [0.3, 0.4) is 0 Å². The third-order valence-corrected chi connectivity index (χ3v) is 5.79. The van der Waals surface area contributed by atoms with Gasteiger partial charge in [0.15, 0.2) is 0 Å². The van der Waals surface area contributed by atoms with Gasteiger partial charge < -0.3 is 0 Å². The molecule has 0 aliphatic carbocycles. The summed E-state index contributed by atoms with van der Waals surface area (Å²) >= 11 is 0. The SMILES string of the molecule is CC.CC(C)(C)C.CC(C)C.CCC.CCC(C)C.CCC(C)C.CCCC.CCCCC.Cc1cccc2ccccc12.Cc1ccccc1. The van der Waals surface area contributed by atoms with Gasteiger partial charge in [0.1, 0.15) is 0 Å². The van der Waals surface area contributed by atoms with E-state index in [1.54, 1.807) is 0 Å². The Morgan fingerprint density at radius 3 is 0.980 bits per heavy atom. The Kier molecular flexibility index (Phi) is 65.5. The second-order valence-electron chi connectivity index (χ2n) is 15.8. The Morgan fingerprint density at radius 2 is 0.765 bits per heavy atom. The summed E-state index contributed by atoms with van der Waals surface area (Å²) in [4.78, 5) is 0. The molecule has 3 rings (SSSR count). The van der Waals surface area contributed by atoms with Gasteiger partial charge in [0, 0.05) is 0 Å². The number of benzene rings is 3. The van der Waals surface area contributed by atoms with E-state index < -0.39 is 0 Å². The first-order valence-corrected chi connectivity index (χ1v) is 21.2. The molecule has 3 aromatic carbocycles. The fraction of sp³-hybridized carbons (Fsp3) is 0.686. The van der Waals surface area contributed by atoms with Crippen molar-refractivity contribution in [2.24, 2.45) is 23.2 Å². The van der Waals surface area contributed by atoms with Gasteiger partial charge in [0.05, 0.1) is 0 Å². The van der Waals surface area contributed by atoms with Crippen molar-refractivity contribution in [3.8, 4) is 0 Å². The van der Waals surface area contributed by atoms with Crippen molar-refractivity contribution in [1.82, 2.24) is 0 Å². The third-order valence-electron chi connectivity index (χ3n) is 5.79. The number of rotatable bonds is 5. The van der Waals surface area contributed by atoms with Crippen molar-refractivity contribution >= 4 is 10.8 Å². The molecule has 304 valence electrons. The maximum absolute atomic E-state index is 2.22. The summed E-state index contributed by atoms with van der Waals surface area (Å²) in [6, 6.07) is 25.1. The minimum absolute atomic E-state index is 0.500. The van der Waals surface area contributed by atoms with Crippen LogP contribution in [-0.4, -0.2) is 0 Å². The number of hydrogen-bond donors (Lipinski definition) is 0. The number of unbranched alkanes of at least 4 members (excludes halogenated alkanes) is 3. The summed E-state index contributed by atoms with van der Waals surface area (Å²) in [5, 5.41) is 2.68. The predicted octanol–water partition coefficient (Wildman–Crippen LogP) is 19.4. The molecule has 0 heteroatoms. The first-order chi connectivity index (χ1) is 23.8. The van der Waals surface area contributed by atoms with Gasteiger partial charge in [-0.05, 0) is 53.4 Å². The molecule has 0 heterocycles. The molecule has 3 aromatic rings. The summed E-state index contributed by atoms with van der Waals surface area (Å²) in [6.07, 6.45) is 10.6. The molecule has 0 atom stereocenters. The van der Waals surface area contributed by atoms with E-state index in [1.807, 2.05) is 32.0 Å². The normalized spacial score (nSPS) is 9.06. The zero-order valence-electron chi connectivity index (χ0n) is 39.8. The summed E-state index contributed by atoms with van der Waals surface area (Å²) in [5.41, 5.74) is 3.17. The molecule has 0 aromatic heterocycles. The topological polar surface area (TPSA) is 0 Å². The molecule has 0 amide bonds. The minimum atomic E-state index is 0.500. The van der Waals surface area contributed by atoms with Crippen LogP contribution < -0.4 is 0 Å². The molecule has 0 spiro atoms. The zero-order valence-corrected chi connectivity index (χ0v) is 39.8. The highest BCUT2D eigenvalue weighted by atomic mass is 14.0. The highest BCUT2D eigenvalue weighted by molar-refractivity contribution is 5.85. The Hall–Kier alpha value is -2.08. The molecule has 0 radical (unpaired) electrons. The molecule has 0 unspecified atom stereocenters. The lowest BCUT2D eigenvalue weighted by Gasteiger charge is -2.05. The molecule has 0 nitrogen and oxygen atoms in total. The summed E-state index contributed by atoms with van der Waals surface area (Å²) in [6.45, 7) is 49.8. The van der Waals surface area contributed by atoms with Gasteiger partial charge >= 0.3 is 0 Å². The van der Waals surface area contributed by atoms with Gasteiger partial charge in [0.2, 0.25) is 0 Å². The van der Waals surface area contributed by atoms with Gasteiger partial charge in [0.25, 0.3) is 0 Å². The molecular weight excluding hydrogens is 613 g/mol. The third kappa shape index (κ3) is 87.8. The van der Waals surface area contributed by atoms with Crippen molar-refractivity contribution in [3.05, 3.63) is 83.9 Å². The predicted molar refractivity (Wildman–Crippen MR) is 249 cm³/mol. The lowest BCUT2D eigenvalue weighted by molar-refractivity contribution is 0.469. The van der Waals surface area contributed by atoms with Crippen molar-refractivity contribution < 1.29 is 0 Å². The van der Waals surface area contributed by atoms with Crippen LogP contribution in [-0.2, 0) is 0 Å². The van der Waals surface area contributed by atoms with Crippen molar-refractivity contribution in [1.29, 1.82) is 0 Å². The average molecular weight is 713 g/mol. The monoisotopic (exact) mass is 713 g/mol. The Morgan fingerprint density at radius 1 is 0.471 bits per heavy atom. The van der Waals surface area contributed by atoms with Crippen LogP contribution in [0.5, 0.6) is 0 Å². The quantitative estimate of drug-likeness (QED) is 0.247. The van der Waals surface area contributed by atoms with E-state index in [0.717, 1.165) is 17.8 Å². The van der Waals surface area contributed by atoms with Crippen molar-refractivity contribution in [2.45, 2.75) is 211 Å². The highest BCUT2D eigenvalue weighted by Gasteiger charge is 1.95.